The first kappa shape index (κ1) is 13.4. The average Bonchev–Trinajstić information content (AvgIpc) is 2.79. The highest BCUT2D eigenvalue weighted by Crippen LogP contribution is 2.32. The molecule has 1 aromatic carbocycles. The van der Waals surface area contributed by atoms with Crippen molar-refractivity contribution in [2.24, 2.45) is 0 Å². The normalized spacial score (nSPS) is 11.8. The number of hydrogen-bond donors (Lipinski definition) is 0. The van der Waals surface area contributed by atoms with E-state index in [1.54, 1.807) is 31.5 Å². The molecule has 0 amide bonds. The third kappa shape index (κ3) is 2.53. The first-order chi connectivity index (χ1) is 8.44. The van der Waals surface area contributed by atoms with Crippen LogP contribution < -0.4 is 0 Å². The predicted octanol–water partition coefficient (Wildman–Crippen LogP) is 4.53. The van der Waals surface area contributed by atoms with Crippen LogP contribution in [0.4, 0.5) is 0 Å². The van der Waals surface area contributed by atoms with Crippen molar-refractivity contribution in [3.05, 3.63) is 40.2 Å². The van der Waals surface area contributed by atoms with E-state index in [4.69, 9.17) is 32.4 Å². The van der Waals surface area contributed by atoms with Gasteiger partial charge in [-0.15, -0.1) is 0 Å². The molecule has 0 saturated heterocycles. The smallest absolute Gasteiger partial charge is 0.227 e. The maximum Gasteiger partial charge on any atom is 0.227 e. The van der Waals surface area contributed by atoms with Gasteiger partial charge in [-0.3, -0.25) is 0 Å². The van der Waals surface area contributed by atoms with E-state index < -0.39 is 5.60 Å². The Bertz CT molecular complexity index is 564. The topological polar surface area (TPSA) is 35.3 Å². The van der Waals surface area contributed by atoms with E-state index in [9.17, 15) is 0 Å². The Morgan fingerprint density at radius 3 is 2.61 bits per heavy atom. The van der Waals surface area contributed by atoms with Gasteiger partial charge in [0.2, 0.25) is 5.89 Å². The molecule has 2 rings (SSSR count). The largest absolute Gasteiger partial charge is 0.438 e. The Kier molecular flexibility index (Phi) is 3.66. The number of hydrogen-bond acceptors (Lipinski definition) is 3. The van der Waals surface area contributed by atoms with Crippen molar-refractivity contribution >= 4 is 23.2 Å². The van der Waals surface area contributed by atoms with Crippen LogP contribution in [0.25, 0.3) is 11.5 Å². The average molecular weight is 286 g/mol. The molecule has 0 aliphatic heterocycles. The van der Waals surface area contributed by atoms with Crippen molar-refractivity contribution in [3.8, 4) is 11.5 Å². The summed E-state index contributed by atoms with van der Waals surface area (Å²) >= 11 is 12.0. The molecular formula is C13H13Cl2NO2. The van der Waals surface area contributed by atoms with Crippen LogP contribution in [0.3, 0.4) is 0 Å². The summed E-state index contributed by atoms with van der Waals surface area (Å²) in [6, 6.07) is 5.18. The van der Waals surface area contributed by atoms with E-state index in [0.29, 0.717) is 27.3 Å². The number of nitrogens with zero attached hydrogens (tertiary/aromatic N) is 1. The molecule has 2 aromatic rings. The number of benzene rings is 1. The Hall–Kier alpha value is -1.03. The molecule has 0 bridgehead atoms. The molecule has 0 aliphatic rings. The van der Waals surface area contributed by atoms with Crippen LogP contribution in [0, 0.1) is 0 Å². The standard InChI is InChI=1S/C13H13Cl2NO2/c1-13(2,17-3)11-7-16-12(18-11)9-5-4-8(14)6-10(9)15/h4-7H,1-3H3. The molecule has 0 radical (unpaired) electrons. The van der Waals surface area contributed by atoms with E-state index in [1.165, 1.54) is 0 Å². The number of ether oxygens (including phenoxy) is 1. The van der Waals surface area contributed by atoms with Crippen LogP contribution in [0.1, 0.15) is 19.6 Å². The lowest BCUT2D eigenvalue weighted by atomic mass is 10.1. The highest BCUT2D eigenvalue weighted by molar-refractivity contribution is 6.36. The molecule has 3 nitrogen and oxygen atoms in total. The molecule has 18 heavy (non-hydrogen) atoms. The van der Waals surface area contributed by atoms with Crippen molar-refractivity contribution in [3.63, 3.8) is 0 Å². The van der Waals surface area contributed by atoms with Crippen LogP contribution in [0.2, 0.25) is 10.0 Å². The van der Waals surface area contributed by atoms with Crippen molar-refractivity contribution < 1.29 is 9.15 Å². The van der Waals surface area contributed by atoms with Crippen LogP contribution in [0.5, 0.6) is 0 Å². The summed E-state index contributed by atoms with van der Waals surface area (Å²) in [5.74, 6) is 1.10. The third-order valence-electron chi connectivity index (χ3n) is 2.77. The van der Waals surface area contributed by atoms with Gasteiger partial charge in [-0.05, 0) is 32.0 Å². The lowest BCUT2D eigenvalue weighted by Crippen LogP contribution is -2.18. The Labute approximate surface area is 116 Å². The first-order valence-electron chi connectivity index (χ1n) is 5.41. The molecule has 1 heterocycles. The molecular weight excluding hydrogens is 273 g/mol. The molecule has 0 spiro atoms. The summed E-state index contributed by atoms with van der Waals surface area (Å²) < 4.78 is 11.0. The van der Waals surface area contributed by atoms with Crippen LogP contribution in [0.15, 0.2) is 28.8 Å². The fourth-order valence-corrected chi connectivity index (χ4v) is 1.93. The van der Waals surface area contributed by atoms with Crippen LogP contribution in [-0.2, 0) is 10.3 Å². The number of halogens is 2. The maximum absolute atomic E-state index is 6.11. The van der Waals surface area contributed by atoms with E-state index in [0.717, 1.165) is 0 Å². The van der Waals surface area contributed by atoms with Gasteiger partial charge in [0.15, 0.2) is 5.76 Å². The molecule has 1 aromatic heterocycles. The van der Waals surface area contributed by atoms with E-state index in [1.807, 2.05) is 13.8 Å². The predicted molar refractivity (Wildman–Crippen MR) is 72.0 cm³/mol. The lowest BCUT2D eigenvalue weighted by Gasteiger charge is -2.18. The summed E-state index contributed by atoms with van der Waals surface area (Å²) in [5, 5.41) is 1.08. The summed E-state index contributed by atoms with van der Waals surface area (Å²) in [7, 11) is 1.62. The molecule has 96 valence electrons. The maximum atomic E-state index is 6.11. The SMILES string of the molecule is COC(C)(C)c1cnc(-c2ccc(Cl)cc2Cl)o1. The van der Waals surface area contributed by atoms with Gasteiger partial charge in [-0.2, -0.15) is 0 Å². The first-order valence-corrected chi connectivity index (χ1v) is 6.16. The molecule has 0 N–H and O–H groups in total. The fourth-order valence-electron chi connectivity index (χ4n) is 1.44. The molecule has 0 unspecified atom stereocenters. The minimum Gasteiger partial charge on any atom is -0.438 e. The summed E-state index contributed by atoms with van der Waals surface area (Å²) in [5.41, 5.74) is 0.184. The Morgan fingerprint density at radius 1 is 1.28 bits per heavy atom. The fraction of sp³-hybridized carbons (Fsp3) is 0.308. The van der Waals surface area contributed by atoms with Crippen molar-refractivity contribution in [1.29, 1.82) is 0 Å². The van der Waals surface area contributed by atoms with E-state index >= 15 is 0 Å². The molecule has 0 fully saturated rings. The second-order valence-electron chi connectivity index (χ2n) is 4.37. The molecule has 0 saturated carbocycles. The lowest BCUT2D eigenvalue weighted by molar-refractivity contribution is 0.00139. The van der Waals surface area contributed by atoms with Gasteiger partial charge in [-0.25, -0.2) is 4.98 Å². The third-order valence-corrected chi connectivity index (χ3v) is 3.32. The van der Waals surface area contributed by atoms with Crippen LogP contribution >= 0.6 is 23.2 Å². The minimum absolute atomic E-state index is 0.455. The summed E-state index contributed by atoms with van der Waals surface area (Å²) in [6.45, 7) is 3.81. The second-order valence-corrected chi connectivity index (χ2v) is 5.21. The van der Waals surface area contributed by atoms with Gasteiger partial charge in [0.1, 0.15) is 5.60 Å². The highest BCUT2D eigenvalue weighted by Gasteiger charge is 2.25. The molecule has 5 heteroatoms. The molecule has 0 atom stereocenters. The summed E-state index contributed by atoms with van der Waals surface area (Å²) in [6.07, 6.45) is 1.64. The van der Waals surface area contributed by atoms with E-state index in [-0.39, 0.29) is 0 Å². The quantitative estimate of drug-likeness (QED) is 0.831. The van der Waals surface area contributed by atoms with Gasteiger partial charge < -0.3 is 9.15 Å². The number of rotatable bonds is 3. The zero-order valence-corrected chi connectivity index (χ0v) is 11.8. The van der Waals surface area contributed by atoms with Crippen molar-refractivity contribution in [2.75, 3.05) is 7.11 Å². The number of oxazole rings is 1. The van der Waals surface area contributed by atoms with Gasteiger partial charge in [0.05, 0.1) is 16.8 Å². The van der Waals surface area contributed by atoms with Crippen molar-refractivity contribution in [1.82, 2.24) is 4.98 Å². The number of aromatic nitrogens is 1. The zero-order valence-electron chi connectivity index (χ0n) is 10.3. The second kappa shape index (κ2) is 4.92. The van der Waals surface area contributed by atoms with Gasteiger partial charge >= 0.3 is 0 Å². The summed E-state index contributed by atoms with van der Waals surface area (Å²) in [4.78, 5) is 4.22. The van der Waals surface area contributed by atoms with E-state index in [2.05, 4.69) is 4.98 Å². The monoisotopic (exact) mass is 285 g/mol. The Balaban J connectivity index is 2.41. The van der Waals surface area contributed by atoms with Gasteiger partial charge in [0, 0.05) is 12.1 Å². The minimum atomic E-state index is -0.524. The van der Waals surface area contributed by atoms with Gasteiger partial charge in [-0.1, -0.05) is 23.2 Å². The molecule has 0 aliphatic carbocycles. The number of methoxy groups -OCH3 is 1. The van der Waals surface area contributed by atoms with Crippen molar-refractivity contribution in [2.45, 2.75) is 19.4 Å². The van der Waals surface area contributed by atoms with Gasteiger partial charge in [0.25, 0.3) is 0 Å². The highest BCUT2D eigenvalue weighted by atomic mass is 35.5. The Morgan fingerprint density at radius 2 is 2.00 bits per heavy atom. The van der Waals surface area contributed by atoms with Crippen LogP contribution in [-0.4, -0.2) is 12.1 Å². The zero-order chi connectivity index (χ0) is 13.3.